The van der Waals surface area contributed by atoms with Crippen molar-refractivity contribution in [1.29, 1.82) is 0 Å². The Morgan fingerprint density at radius 3 is 1.46 bits per heavy atom. The maximum absolute atomic E-state index is 10.8. The highest BCUT2D eigenvalue weighted by atomic mass is 32.2. The first-order valence-corrected chi connectivity index (χ1v) is 5.39. The van der Waals surface area contributed by atoms with E-state index in [0.29, 0.717) is 0 Å². The summed E-state index contributed by atoms with van der Waals surface area (Å²) < 4.78 is -0.850. The first-order chi connectivity index (χ1) is 5.95. The van der Waals surface area contributed by atoms with Gasteiger partial charge in [0, 0.05) is 0 Å². The zero-order valence-electron chi connectivity index (χ0n) is 8.79. The third kappa shape index (κ3) is 3.51. The highest BCUT2D eigenvalue weighted by molar-refractivity contribution is 8.03. The Morgan fingerprint density at radius 2 is 1.31 bits per heavy atom. The van der Waals surface area contributed by atoms with E-state index in [9.17, 15) is 9.59 Å². The lowest BCUT2D eigenvalue weighted by Gasteiger charge is -2.30. The minimum atomic E-state index is -0.425. The molecule has 0 saturated carbocycles. The first-order valence-electron chi connectivity index (χ1n) is 4.58. The summed E-state index contributed by atoms with van der Waals surface area (Å²) in [6.07, 6.45) is 3.39. The second-order valence-electron chi connectivity index (χ2n) is 3.67. The molecule has 0 rings (SSSR count). The molecule has 0 aromatic rings. The predicted octanol–water partition coefficient (Wildman–Crippen LogP) is 2.45. The molecule has 2 atom stereocenters. The van der Waals surface area contributed by atoms with Gasteiger partial charge >= 0.3 is 0 Å². The fraction of sp³-hybridized carbons (Fsp3) is 0.800. The van der Waals surface area contributed by atoms with Gasteiger partial charge in [-0.15, -0.1) is 11.8 Å². The molecule has 0 radical (unpaired) electrons. The van der Waals surface area contributed by atoms with Gasteiger partial charge < -0.3 is 9.59 Å². The maximum atomic E-state index is 10.8. The van der Waals surface area contributed by atoms with E-state index in [1.807, 2.05) is 27.7 Å². The maximum Gasteiger partial charge on any atom is 0.135 e. The third-order valence-electron chi connectivity index (χ3n) is 2.37. The average Bonchev–Trinajstić information content (AvgIpc) is 2.17. The lowest BCUT2D eigenvalue weighted by Crippen LogP contribution is -2.32. The molecule has 13 heavy (non-hydrogen) atoms. The summed E-state index contributed by atoms with van der Waals surface area (Å²) in [6, 6.07) is 0. The Labute approximate surface area is 84.5 Å². The van der Waals surface area contributed by atoms with Crippen LogP contribution in [0.2, 0.25) is 0 Å². The van der Waals surface area contributed by atoms with Gasteiger partial charge in [0.2, 0.25) is 0 Å². The molecule has 0 bridgehead atoms. The summed E-state index contributed by atoms with van der Waals surface area (Å²) in [7, 11) is 0. The van der Waals surface area contributed by atoms with E-state index >= 15 is 0 Å². The smallest absolute Gasteiger partial charge is 0.135 e. The van der Waals surface area contributed by atoms with Crippen LogP contribution in [-0.2, 0) is 9.59 Å². The van der Waals surface area contributed by atoms with Gasteiger partial charge in [0.05, 0.1) is 9.49 Å². The molecule has 3 heteroatoms. The molecule has 0 aromatic heterocycles. The molecule has 0 aliphatic rings. The minimum Gasteiger partial charge on any atom is -0.302 e. The molecule has 0 aromatic carbocycles. The van der Waals surface area contributed by atoms with Crippen molar-refractivity contribution in [3.8, 4) is 0 Å². The molecule has 0 amide bonds. The summed E-state index contributed by atoms with van der Waals surface area (Å²) >= 11 is 1.46. The van der Waals surface area contributed by atoms with Crippen LogP contribution in [-0.4, -0.2) is 22.1 Å². The number of thioether (sulfide) groups is 1. The molecule has 2 unspecified atom stereocenters. The molecule has 0 saturated heterocycles. The molecular formula is C10H18O2S. The zero-order chi connectivity index (χ0) is 10.5. The topological polar surface area (TPSA) is 34.1 Å². The Bertz CT molecular complexity index is 173. The van der Waals surface area contributed by atoms with Gasteiger partial charge in [-0.25, -0.2) is 0 Å². The van der Waals surface area contributed by atoms with Crippen molar-refractivity contribution in [2.75, 3.05) is 0 Å². The standard InChI is InChI=1S/C10H18O2S/c1-5-9(3,7-11)13-10(4,6-2)8-12/h7-8H,5-6H2,1-4H3. The average molecular weight is 202 g/mol. The molecule has 0 heterocycles. The quantitative estimate of drug-likeness (QED) is 0.620. The van der Waals surface area contributed by atoms with E-state index in [1.165, 1.54) is 11.8 Å². The van der Waals surface area contributed by atoms with Crippen molar-refractivity contribution in [1.82, 2.24) is 0 Å². The monoisotopic (exact) mass is 202 g/mol. The van der Waals surface area contributed by atoms with Gasteiger partial charge in [-0.1, -0.05) is 13.8 Å². The molecule has 76 valence electrons. The second kappa shape index (κ2) is 4.80. The van der Waals surface area contributed by atoms with Crippen LogP contribution in [0.25, 0.3) is 0 Å². The van der Waals surface area contributed by atoms with Crippen LogP contribution >= 0.6 is 11.8 Å². The summed E-state index contributed by atoms with van der Waals surface area (Å²) in [5, 5.41) is 0. The lowest BCUT2D eigenvalue weighted by atomic mass is 10.1. The van der Waals surface area contributed by atoms with Gasteiger partial charge in [-0.2, -0.15) is 0 Å². The van der Waals surface area contributed by atoms with E-state index in [-0.39, 0.29) is 0 Å². The SMILES string of the molecule is CCC(C)(C=O)SC(C)(C=O)CC. The van der Waals surface area contributed by atoms with E-state index in [1.54, 1.807) is 0 Å². The number of aldehydes is 2. The molecule has 0 aliphatic carbocycles. The minimum absolute atomic E-state index is 0.425. The number of hydrogen-bond donors (Lipinski definition) is 0. The van der Waals surface area contributed by atoms with Gasteiger partial charge in [-0.05, 0) is 26.7 Å². The van der Waals surface area contributed by atoms with Gasteiger partial charge in [0.15, 0.2) is 0 Å². The molecule has 0 N–H and O–H groups in total. The van der Waals surface area contributed by atoms with Crippen LogP contribution in [0.5, 0.6) is 0 Å². The van der Waals surface area contributed by atoms with Crippen molar-refractivity contribution in [2.45, 2.75) is 50.0 Å². The van der Waals surface area contributed by atoms with Crippen LogP contribution in [0, 0.1) is 0 Å². The van der Waals surface area contributed by atoms with Crippen molar-refractivity contribution < 1.29 is 9.59 Å². The van der Waals surface area contributed by atoms with Crippen molar-refractivity contribution in [3.05, 3.63) is 0 Å². The normalized spacial score (nSPS) is 20.0. The summed E-state index contributed by atoms with van der Waals surface area (Å²) in [5.74, 6) is 0. The van der Waals surface area contributed by atoms with Gasteiger partial charge in [0.25, 0.3) is 0 Å². The molecule has 0 aliphatic heterocycles. The number of carbonyl (C=O) groups is 2. The van der Waals surface area contributed by atoms with Gasteiger partial charge in [-0.3, -0.25) is 0 Å². The molecular weight excluding hydrogens is 184 g/mol. The fourth-order valence-corrected chi connectivity index (χ4v) is 2.34. The summed E-state index contributed by atoms with van der Waals surface area (Å²) in [5.41, 5.74) is 0. The predicted molar refractivity (Wildman–Crippen MR) is 57.1 cm³/mol. The van der Waals surface area contributed by atoms with Crippen LogP contribution < -0.4 is 0 Å². The van der Waals surface area contributed by atoms with E-state index in [4.69, 9.17) is 0 Å². The molecule has 0 spiro atoms. The van der Waals surface area contributed by atoms with E-state index in [0.717, 1.165) is 25.4 Å². The van der Waals surface area contributed by atoms with Crippen LogP contribution in [0.1, 0.15) is 40.5 Å². The Hall–Kier alpha value is -0.310. The van der Waals surface area contributed by atoms with Gasteiger partial charge in [0.1, 0.15) is 12.6 Å². The number of rotatable bonds is 6. The zero-order valence-corrected chi connectivity index (χ0v) is 9.61. The fourth-order valence-electron chi connectivity index (χ4n) is 0.892. The Balaban J connectivity index is 4.54. The highest BCUT2D eigenvalue weighted by Gasteiger charge is 2.33. The Morgan fingerprint density at radius 1 is 1.00 bits per heavy atom. The van der Waals surface area contributed by atoms with Crippen LogP contribution in [0.4, 0.5) is 0 Å². The number of carbonyl (C=O) groups excluding carboxylic acids is 2. The van der Waals surface area contributed by atoms with Crippen molar-refractivity contribution in [3.63, 3.8) is 0 Å². The van der Waals surface area contributed by atoms with Crippen molar-refractivity contribution >= 4 is 24.3 Å². The highest BCUT2D eigenvalue weighted by Crippen LogP contribution is 2.38. The second-order valence-corrected chi connectivity index (χ2v) is 5.74. The molecule has 2 nitrogen and oxygen atoms in total. The third-order valence-corrected chi connectivity index (χ3v) is 4.07. The van der Waals surface area contributed by atoms with Crippen LogP contribution in [0.15, 0.2) is 0 Å². The largest absolute Gasteiger partial charge is 0.302 e. The van der Waals surface area contributed by atoms with E-state index < -0.39 is 9.49 Å². The molecule has 0 fully saturated rings. The van der Waals surface area contributed by atoms with Crippen LogP contribution in [0.3, 0.4) is 0 Å². The Kier molecular flexibility index (Phi) is 4.68. The van der Waals surface area contributed by atoms with Crippen molar-refractivity contribution in [2.24, 2.45) is 0 Å². The van der Waals surface area contributed by atoms with E-state index in [2.05, 4.69) is 0 Å². The summed E-state index contributed by atoms with van der Waals surface area (Å²) in [6.45, 7) is 7.68. The summed E-state index contributed by atoms with van der Waals surface area (Å²) in [4.78, 5) is 21.7. The number of hydrogen-bond acceptors (Lipinski definition) is 3. The first kappa shape index (κ1) is 12.7. The lowest BCUT2D eigenvalue weighted by molar-refractivity contribution is -0.109.